The first kappa shape index (κ1) is 19.7. The molecule has 1 N–H and O–H groups in total. The molecule has 1 saturated heterocycles. The Morgan fingerprint density at radius 3 is 2.23 bits per heavy atom. The van der Waals surface area contributed by atoms with Gasteiger partial charge in [-0.15, -0.1) is 0 Å². The van der Waals surface area contributed by atoms with Crippen molar-refractivity contribution < 1.29 is 14.3 Å². The van der Waals surface area contributed by atoms with Gasteiger partial charge in [0.25, 0.3) is 5.91 Å². The van der Waals surface area contributed by atoms with Gasteiger partial charge in [0.1, 0.15) is 5.75 Å². The van der Waals surface area contributed by atoms with E-state index < -0.39 is 5.54 Å². The third-order valence-electron chi connectivity index (χ3n) is 5.67. The van der Waals surface area contributed by atoms with E-state index in [4.69, 9.17) is 4.74 Å². The summed E-state index contributed by atoms with van der Waals surface area (Å²) in [6.07, 6.45) is 0.102. The maximum Gasteiger partial charge on any atom is 0.255 e. The fourth-order valence-electron chi connectivity index (χ4n) is 3.91. The number of carbonyl (C=O) groups is 2. The van der Waals surface area contributed by atoms with E-state index in [1.807, 2.05) is 86.6 Å². The average Bonchev–Trinajstić information content (AvgIpc) is 2.75. The topological polar surface area (TPSA) is 58.6 Å². The molecule has 30 heavy (non-hydrogen) atoms. The van der Waals surface area contributed by atoms with Gasteiger partial charge in [-0.3, -0.25) is 14.5 Å². The summed E-state index contributed by atoms with van der Waals surface area (Å²) >= 11 is 0. The first-order valence-corrected chi connectivity index (χ1v) is 9.87. The minimum absolute atomic E-state index is 0.0883. The van der Waals surface area contributed by atoms with Gasteiger partial charge in [-0.05, 0) is 55.3 Å². The Balaban J connectivity index is 1.80. The van der Waals surface area contributed by atoms with Gasteiger partial charge in [-0.25, -0.2) is 0 Å². The van der Waals surface area contributed by atoms with Gasteiger partial charge in [0.05, 0.1) is 13.5 Å². The lowest BCUT2D eigenvalue weighted by Gasteiger charge is -2.50. The number of carbonyl (C=O) groups excluding carboxylic acids is 2. The molecule has 0 unspecified atom stereocenters. The highest BCUT2D eigenvalue weighted by Gasteiger charge is 2.58. The highest BCUT2D eigenvalue weighted by molar-refractivity contribution is 6.17. The fraction of sp³-hybridized carbons (Fsp3) is 0.200. The molecule has 2 amide bonds. The number of aryl methyl sites for hydroxylation is 2. The van der Waals surface area contributed by atoms with Crippen LogP contribution in [0.15, 0.2) is 72.8 Å². The summed E-state index contributed by atoms with van der Waals surface area (Å²) in [6.45, 7) is 3.93. The molecule has 1 aliphatic rings. The van der Waals surface area contributed by atoms with E-state index in [-0.39, 0.29) is 18.2 Å². The highest BCUT2D eigenvalue weighted by atomic mass is 16.5. The lowest BCUT2D eigenvalue weighted by atomic mass is 9.76. The van der Waals surface area contributed by atoms with Gasteiger partial charge >= 0.3 is 0 Å². The normalized spacial score (nSPS) is 18.0. The van der Waals surface area contributed by atoms with E-state index in [1.54, 1.807) is 12.0 Å². The van der Waals surface area contributed by atoms with Gasteiger partial charge in [-0.1, -0.05) is 48.0 Å². The Morgan fingerprint density at radius 1 is 0.967 bits per heavy atom. The van der Waals surface area contributed by atoms with Crippen molar-refractivity contribution in [1.29, 1.82) is 0 Å². The van der Waals surface area contributed by atoms with Crippen LogP contribution in [0.5, 0.6) is 5.75 Å². The monoisotopic (exact) mass is 400 g/mol. The Bertz CT molecular complexity index is 1090. The van der Waals surface area contributed by atoms with E-state index in [1.165, 1.54) is 0 Å². The minimum atomic E-state index is -1.12. The molecular formula is C25H24N2O3. The average molecular weight is 400 g/mol. The largest absolute Gasteiger partial charge is 0.497 e. The van der Waals surface area contributed by atoms with Crippen LogP contribution in [0.4, 0.5) is 11.4 Å². The number of para-hydroxylation sites is 1. The van der Waals surface area contributed by atoms with Gasteiger partial charge < -0.3 is 10.1 Å². The van der Waals surface area contributed by atoms with Crippen molar-refractivity contribution in [2.75, 3.05) is 17.3 Å². The minimum Gasteiger partial charge on any atom is -0.497 e. The van der Waals surface area contributed by atoms with Crippen molar-refractivity contribution in [1.82, 2.24) is 0 Å². The van der Waals surface area contributed by atoms with Crippen LogP contribution in [0.2, 0.25) is 0 Å². The van der Waals surface area contributed by atoms with Crippen LogP contribution in [0.25, 0.3) is 0 Å². The standard InChI is InChI=1S/C25H24N2O3/c1-17-8-12-20(13-9-17)27-23(28)16-25(27,19-10-14-21(30-3)15-11-19)24(29)26-22-7-5-4-6-18(22)2/h4-15H,16H2,1-3H3,(H,26,29)/t25-/m1/s1. The molecule has 0 bridgehead atoms. The maximum atomic E-state index is 13.7. The number of hydrogen-bond acceptors (Lipinski definition) is 3. The summed E-state index contributed by atoms with van der Waals surface area (Å²) in [6, 6.07) is 22.6. The van der Waals surface area contributed by atoms with Crippen LogP contribution >= 0.6 is 0 Å². The van der Waals surface area contributed by atoms with Crippen molar-refractivity contribution in [2.45, 2.75) is 25.8 Å². The Morgan fingerprint density at radius 2 is 1.63 bits per heavy atom. The fourth-order valence-corrected chi connectivity index (χ4v) is 3.91. The van der Waals surface area contributed by atoms with Gasteiger partial charge in [0.15, 0.2) is 5.54 Å². The third kappa shape index (κ3) is 3.22. The molecule has 1 atom stereocenters. The van der Waals surface area contributed by atoms with Crippen LogP contribution in [0.3, 0.4) is 0 Å². The zero-order valence-corrected chi connectivity index (χ0v) is 17.3. The smallest absolute Gasteiger partial charge is 0.255 e. The molecule has 0 spiro atoms. The molecule has 1 aliphatic heterocycles. The van der Waals surface area contributed by atoms with E-state index in [0.717, 1.165) is 22.4 Å². The number of benzene rings is 3. The first-order chi connectivity index (χ1) is 14.5. The molecule has 0 aromatic heterocycles. The number of amides is 2. The quantitative estimate of drug-likeness (QED) is 0.638. The zero-order valence-electron chi connectivity index (χ0n) is 17.3. The van der Waals surface area contributed by atoms with Crippen LogP contribution in [-0.4, -0.2) is 18.9 Å². The maximum absolute atomic E-state index is 13.7. The van der Waals surface area contributed by atoms with Crippen molar-refractivity contribution in [3.63, 3.8) is 0 Å². The highest BCUT2D eigenvalue weighted by Crippen LogP contribution is 2.46. The molecular weight excluding hydrogens is 376 g/mol. The Kier molecular flexibility index (Phi) is 5.04. The molecule has 152 valence electrons. The Hall–Kier alpha value is -3.60. The molecule has 0 radical (unpaired) electrons. The number of nitrogens with one attached hydrogen (secondary N) is 1. The number of ether oxygens (including phenoxy) is 1. The zero-order chi connectivity index (χ0) is 21.3. The van der Waals surface area contributed by atoms with Gasteiger partial charge in [0, 0.05) is 11.4 Å². The molecule has 0 saturated carbocycles. The number of nitrogens with zero attached hydrogens (tertiary/aromatic N) is 1. The molecule has 1 heterocycles. The molecule has 3 aromatic carbocycles. The van der Waals surface area contributed by atoms with Crippen LogP contribution in [0, 0.1) is 13.8 Å². The first-order valence-electron chi connectivity index (χ1n) is 9.87. The van der Waals surface area contributed by atoms with Crippen LogP contribution < -0.4 is 15.0 Å². The lowest BCUT2D eigenvalue weighted by molar-refractivity contribution is -0.137. The van der Waals surface area contributed by atoms with E-state index in [0.29, 0.717) is 11.4 Å². The predicted octanol–water partition coefficient (Wildman–Crippen LogP) is 4.58. The van der Waals surface area contributed by atoms with Crippen molar-refractivity contribution in [3.05, 3.63) is 89.5 Å². The van der Waals surface area contributed by atoms with Gasteiger partial charge in [-0.2, -0.15) is 0 Å². The summed E-state index contributed by atoms with van der Waals surface area (Å²) in [5.41, 5.74) is 3.11. The summed E-state index contributed by atoms with van der Waals surface area (Å²) in [7, 11) is 1.60. The van der Waals surface area contributed by atoms with Crippen LogP contribution in [0.1, 0.15) is 23.1 Å². The second-order valence-corrected chi connectivity index (χ2v) is 7.60. The second kappa shape index (κ2) is 7.67. The van der Waals surface area contributed by atoms with Crippen molar-refractivity contribution in [3.8, 4) is 5.75 Å². The number of hydrogen-bond donors (Lipinski definition) is 1. The molecule has 5 nitrogen and oxygen atoms in total. The predicted molar refractivity (Wildman–Crippen MR) is 118 cm³/mol. The van der Waals surface area contributed by atoms with Crippen molar-refractivity contribution in [2.24, 2.45) is 0 Å². The SMILES string of the molecule is COc1ccc([C@@]2(C(=O)Nc3ccccc3C)CC(=O)N2c2ccc(C)cc2)cc1. The molecule has 1 fully saturated rings. The molecule has 3 aromatic rings. The van der Waals surface area contributed by atoms with Crippen molar-refractivity contribution >= 4 is 23.2 Å². The van der Waals surface area contributed by atoms with E-state index >= 15 is 0 Å². The summed E-state index contributed by atoms with van der Waals surface area (Å²) in [5.74, 6) is 0.373. The summed E-state index contributed by atoms with van der Waals surface area (Å²) in [4.78, 5) is 28.1. The number of methoxy groups -OCH3 is 1. The number of β-lactam (4-membered cyclic amide) rings is 1. The number of rotatable bonds is 5. The molecule has 5 heteroatoms. The van der Waals surface area contributed by atoms with Gasteiger partial charge in [0.2, 0.25) is 5.91 Å². The third-order valence-corrected chi connectivity index (χ3v) is 5.67. The molecule has 0 aliphatic carbocycles. The Labute approximate surface area is 176 Å². The van der Waals surface area contributed by atoms with E-state index in [9.17, 15) is 9.59 Å². The van der Waals surface area contributed by atoms with E-state index in [2.05, 4.69) is 5.32 Å². The number of anilines is 2. The molecule has 4 rings (SSSR count). The lowest BCUT2D eigenvalue weighted by Crippen LogP contribution is -2.67. The van der Waals surface area contributed by atoms with Crippen LogP contribution in [-0.2, 0) is 15.1 Å². The second-order valence-electron chi connectivity index (χ2n) is 7.60. The summed E-state index contributed by atoms with van der Waals surface area (Å²) in [5, 5.41) is 3.05. The summed E-state index contributed by atoms with van der Waals surface area (Å²) < 4.78 is 5.27.